The summed E-state index contributed by atoms with van der Waals surface area (Å²) >= 11 is 0. The highest BCUT2D eigenvalue weighted by Crippen LogP contribution is 2.12. The molecule has 130 valence electrons. The Morgan fingerprint density at radius 3 is 1.91 bits per heavy atom. The summed E-state index contributed by atoms with van der Waals surface area (Å²) in [6, 6.07) is 0. The van der Waals surface area contributed by atoms with E-state index in [4.69, 9.17) is 5.11 Å². The van der Waals surface area contributed by atoms with Gasteiger partial charge in [-0.2, -0.15) is 0 Å². The topological polar surface area (TPSA) is 57.5 Å². The molecule has 0 unspecified atom stereocenters. The van der Waals surface area contributed by atoms with Crippen LogP contribution in [-0.4, -0.2) is 22.3 Å². The third-order valence-corrected chi connectivity index (χ3v) is 3.95. The first-order chi connectivity index (χ1) is 10.7. The zero-order valence-electron chi connectivity index (χ0n) is 14.4. The largest absolute Gasteiger partial charge is 0.481 e. The predicted molar refractivity (Wildman–Crippen MR) is 93.1 cm³/mol. The molecule has 1 atom stereocenters. The Bertz CT molecular complexity index is 274. The summed E-state index contributed by atoms with van der Waals surface area (Å²) in [6.45, 7) is 2.09. The zero-order valence-corrected chi connectivity index (χ0v) is 14.4. The molecule has 0 radical (unpaired) electrons. The van der Waals surface area contributed by atoms with E-state index in [0.29, 0.717) is 6.42 Å². The molecule has 0 saturated carbocycles. The Kier molecular flexibility index (Phi) is 15.9. The van der Waals surface area contributed by atoms with Gasteiger partial charge in [0, 0.05) is 6.42 Å². The number of rotatable bonds is 16. The standard InChI is InChI=1S/C19H36O3/c1-2-15-18(20)16-13-11-9-7-5-3-4-6-8-10-12-14-17-19(21)22/h13,16,18,20H,2-12,14-15,17H2,1H3,(H,21,22)/b16-13-/t18-/m0/s1. The summed E-state index contributed by atoms with van der Waals surface area (Å²) in [7, 11) is 0. The molecule has 0 rings (SSSR count). The maximum Gasteiger partial charge on any atom is 0.303 e. The third-order valence-electron chi connectivity index (χ3n) is 3.95. The number of aliphatic hydroxyl groups is 1. The number of hydrogen-bond donors (Lipinski definition) is 2. The summed E-state index contributed by atoms with van der Waals surface area (Å²) in [4.78, 5) is 10.3. The van der Waals surface area contributed by atoms with Crippen LogP contribution in [0.1, 0.15) is 96.8 Å². The Balaban J connectivity index is 3.13. The Morgan fingerprint density at radius 1 is 0.909 bits per heavy atom. The normalized spacial score (nSPS) is 12.8. The fourth-order valence-electron chi connectivity index (χ4n) is 2.60. The van der Waals surface area contributed by atoms with Gasteiger partial charge in [-0.15, -0.1) is 0 Å². The lowest BCUT2D eigenvalue weighted by Crippen LogP contribution is -1.99. The van der Waals surface area contributed by atoms with Crippen molar-refractivity contribution in [1.29, 1.82) is 0 Å². The van der Waals surface area contributed by atoms with Crippen molar-refractivity contribution in [3.8, 4) is 0 Å². The van der Waals surface area contributed by atoms with Crippen LogP contribution in [0.4, 0.5) is 0 Å². The van der Waals surface area contributed by atoms with E-state index in [1.54, 1.807) is 0 Å². The van der Waals surface area contributed by atoms with Crippen LogP contribution in [0.2, 0.25) is 0 Å². The average molecular weight is 312 g/mol. The molecule has 0 aliphatic rings. The van der Waals surface area contributed by atoms with Crippen molar-refractivity contribution in [3.05, 3.63) is 12.2 Å². The highest BCUT2D eigenvalue weighted by molar-refractivity contribution is 5.66. The van der Waals surface area contributed by atoms with E-state index in [1.165, 1.54) is 51.4 Å². The van der Waals surface area contributed by atoms with Gasteiger partial charge in [-0.25, -0.2) is 0 Å². The van der Waals surface area contributed by atoms with Gasteiger partial charge in [0.05, 0.1) is 6.10 Å². The third kappa shape index (κ3) is 17.2. The monoisotopic (exact) mass is 312 g/mol. The first-order valence-electron chi connectivity index (χ1n) is 9.23. The summed E-state index contributed by atoms with van der Waals surface area (Å²) < 4.78 is 0. The molecule has 0 bridgehead atoms. The fourth-order valence-corrected chi connectivity index (χ4v) is 2.60. The lowest BCUT2D eigenvalue weighted by molar-refractivity contribution is -0.137. The van der Waals surface area contributed by atoms with E-state index < -0.39 is 5.97 Å². The van der Waals surface area contributed by atoms with Gasteiger partial charge >= 0.3 is 5.97 Å². The van der Waals surface area contributed by atoms with Gasteiger partial charge in [-0.1, -0.05) is 76.9 Å². The minimum atomic E-state index is -0.672. The minimum Gasteiger partial charge on any atom is -0.481 e. The van der Waals surface area contributed by atoms with Crippen LogP contribution < -0.4 is 0 Å². The molecule has 3 nitrogen and oxygen atoms in total. The number of unbranched alkanes of at least 4 members (excludes halogenated alkanes) is 10. The van der Waals surface area contributed by atoms with E-state index >= 15 is 0 Å². The molecule has 0 aromatic rings. The van der Waals surface area contributed by atoms with Crippen molar-refractivity contribution in [2.24, 2.45) is 0 Å². The quantitative estimate of drug-likeness (QED) is 0.293. The van der Waals surface area contributed by atoms with Crippen LogP contribution in [0.3, 0.4) is 0 Å². The average Bonchev–Trinajstić information content (AvgIpc) is 2.47. The molecule has 0 fully saturated rings. The van der Waals surface area contributed by atoms with Crippen LogP contribution >= 0.6 is 0 Å². The van der Waals surface area contributed by atoms with Gasteiger partial charge in [0.2, 0.25) is 0 Å². The number of allylic oxidation sites excluding steroid dienone is 1. The van der Waals surface area contributed by atoms with Crippen LogP contribution in [0, 0.1) is 0 Å². The predicted octanol–water partition coefficient (Wildman–Crippen LogP) is 5.47. The van der Waals surface area contributed by atoms with Crippen molar-refractivity contribution in [2.45, 2.75) is 103 Å². The maximum atomic E-state index is 10.3. The number of hydrogen-bond acceptors (Lipinski definition) is 2. The SMILES string of the molecule is CCC[C@H](O)/C=C\CCCCCCCCCCCCC(=O)O. The highest BCUT2D eigenvalue weighted by atomic mass is 16.4. The number of carbonyl (C=O) groups is 1. The first-order valence-corrected chi connectivity index (χ1v) is 9.23. The van der Waals surface area contributed by atoms with Crippen LogP contribution in [0.25, 0.3) is 0 Å². The summed E-state index contributed by atoms with van der Waals surface area (Å²) in [5, 5.41) is 18.1. The van der Waals surface area contributed by atoms with Crippen molar-refractivity contribution < 1.29 is 15.0 Å². The van der Waals surface area contributed by atoms with E-state index in [9.17, 15) is 9.90 Å². The van der Waals surface area contributed by atoms with Crippen molar-refractivity contribution in [3.63, 3.8) is 0 Å². The molecule has 22 heavy (non-hydrogen) atoms. The fraction of sp³-hybridized carbons (Fsp3) is 0.842. The second-order valence-corrected chi connectivity index (χ2v) is 6.25. The van der Waals surface area contributed by atoms with E-state index in [1.807, 2.05) is 6.08 Å². The van der Waals surface area contributed by atoms with E-state index in [0.717, 1.165) is 32.1 Å². The number of carboxylic acid groups (broad SMARTS) is 1. The molecule has 0 heterocycles. The molecule has 0 spiro atoms. The molecular weight excluding hydrogens is 276 g/mol. The highest BCUT2D eigenvalue weighted by Gasteiger charge is 1.97. The second kappa shape index (κ2) is 16.5. The van der Waals surface area contributed by atoms with Gasteiger partial charge in [0.25, 0.3) is 0 Å². The van der Waals surface area contributed by atoms with Gasteiger partial charge in [-0.05, 0) is 25.7 Å². The second-order valence-electron chi connectivity index (χ2n) is 6.25. The van der Waals surface area contributed by atoms with E-state index in [2.05, 4.69) is 13.0 Å². The Morgan fingerprint density at radius 2 is 1.41 bits per heavy atom. The zero-order chi connectivity index (χ0) is 16.5. The summed E-state index contributed by atoms with van der Waals surface area (Å²) in [5.41, 5.74) is 0. The number of aliphatic hydroxyl groups excluding tert-OH is 1. The minimum absolute atomic E-state index is 0.250. The van der Waals surface area contributed by atoms with Crippen molar-refractivity contribution in [2.75, 3.05) is 0 Å². The van der Waals surface area contributed by atoms with Crippen LogP contribution in [0.15, 0.2) is 12.2 Å². The van der Waals surface area contributed by atoms with Crippen LogP contribution in [0.5, 0.6) is 0 Å². The van der Waals surface area contributed by atoms with E-state index in [-0.39, 0.29) is 6.10 Å². The molecule has 0 aromatic carbocycles. The molecule has 0 amide bonds. The van der Waals surface area contributed by atoms with Gasteiger partial charge in [0.15, 0.2) is 0 Å². The number of carboxylic acids is 1. The first kappa shape index (κ1) is 21.2. The van der Waals surface area contributed by atoms with Gasteiger partial charge in [-0.3, -0.25) is 4.79 Å². The summed E-state index contributed by atoms with van der Waals surface area (Å²) in [6.07, 6.45) is 19.2. The molecule has 0 aromatic heterocycles. The van der Waals surface area contributed by atoms with Crippen molar-refractivity contribution in [1.82, 2.24) is 0 Å². The molecule has 0 saturated heterocycles. The lowest BCUT2D eigenvalue weighted by atomic mass is 10.0. The molecule has 0 aliphatic heterocycles. The van der Waals surface area contributed by atoms with Crippen molar-refractivity contribution >= 4 is 5.97 Å². The van der Waals surface area contributed by atoms with Gasteiger partial charge < -0.3 is 10.2 Å². The smallest absolute Gasteiger partial charge is 0.303 e. The summed E-state index contributed by atoms with van der Waals surface area (Å²) in [5.74, 6) is -0.672. The Labute approximate surface area is 136 Å². The molecule has 2 N–H and O–H groups in total. The lowest BCUT2D eigenvalue weighted by Gasteiger charge is -2.03. The molecular formula is C19H36O3. The maximum absolute atomic E-state index is 10.3. The van der Waals surface area contributed by atoms with Gasteiger partial charge in [0.1, 0.15) is 0 Å². The molecule has 0 aliphatic carbocycles. The number of aliphatic carboxylic acids is 1. The van der Waals surface area contributed by atoms with Crippen LogP contribution in [-0.2, 0) is 4.79 Å². The Hall–Kier alpha value is -0.830. The molecule has 3 heteroatoms.